The summed E-state index contributed by atoms with van der Waals surface area (Å²) in [6.45, 7) is 2.10. The molecular formula is C17H20FN3O3. The first-order valence-electron chi connectivity index (χ1n) is 8.19. The van der Waals surface area contributed by atoms with Gasteiger partial charge in [-0.05, 0) is 18.9 Å². The van der Waals surface area contributed by atoms with E-state index in [2.05, 4.69) is 10.5 Å². The fourth-order valence-corrected chi connectivity index (χ4v) is 2.55. The van der Waals surface area contributed by atoms with Crippen molar-refractivity contribution in [2.24, 2.45) is 0 Å². The van der Waals surface area contributed by atoms with Crippen molar-refractivity contribution >= 4 is 17.4 Å². The number of alkyl halides is 1. The quantitative estimate of drug-likeness (QED) is 0.809. The van der Waals surface area contributed by atoms with Gasteiger partial charge in [-0.25, -0.2) is 4.39 Å². The van der Waals surface area contributed by atoms with Gasteiger partial charge in [-0.2, -0.15) is 0 Å². The molecule has 0 bridgehead atoms. The van der Waals surface area contributed by atoms with Gasteiger partial charge < -0.3 is 14.7 Å². The summed E-state index contributed by atoms with van der Waals surface area (Å²) >= 11 is 0. The molecule has 128 valence electrons. The predicted octanol–water partition coefficient (Wildman–Crippen LogP) is 2.10. The summed E-state index contributed by atoms with van der Waals surface area (Å²) in [6, 6.07) is 1.54. The van der Waals surface area contributed by atoms with Crippen molar-refractivity contribution in [1.82, 2.24) is 15.4 Å². The minimum atomic E-state index is -0.974. The minimum Gasteiger partial charge on any atom is -0.356 e. The van der Waals surface area contributed by atoms with Crippen LogP contribution in [0, 0.1) is 0 Å². The zero-order valence-corrected chi connectivity index (χ0v) is 13.3. The molecule has 0 radical (unpaired) electrons. The van der Waals surface area contributed by atoms with Gasteiger partial charge in [-0.15, -0.1) is 0 Å². The summed E-state index contributed by atoms with van der Waals surface area (Å²) in [7, 11) is 0. The Balaban J connectivity index is 1.44. The van der Waals surface area contributed by atoms with Gasteiger partial charge >= 0.3 is 0 Å². The van der Waals surface area contributed by atoms with E-state index in [9.17, 15) is 14.0 Å². The molecule has 0 saturated carbocycles. The second kappa shape index (κ2) is 7.42. The van der Waals surface area contributed by atoms with Crippen LogP contribution in [-0.4, -0.2) is 47.7 Å². The summed E-state index contributed by atoms with van der Waals surface area (Å²) in [6.07, 6.45) is 6.22. The fraction of sp³-hybridized carbons (Fsp3) is 0.471. The van der Waals surface area contributed by atoms with Crippen molar-refractivity contribution in [3.05, 3.63) is 35.7 Å². The number of hydrogen-bond acceptors (Lipinski definition) is 4. The zero-order valence-electron chi connectivity index (χ0n) is 13.3. The monoisotopic (exact) mass is 333 g/mol. The highest BCUT2D eigenvalue weighted by Gasteiger charge is 2.20. The maximum Gasteiger partial charge on any atom is 0.273 e. The van der Waals surface area contributed by atoms with Gasteiger partial charge in [0.05, 0.1) is 0 Å². The Labute approximate surface area is 139 Å². The number of halogens is 1. The van der Waals surface area contributed by atoms with Crippen molar-refractivity contribution in [2.45, 2.75) is 31.9 Å². The molecule has 2 heterocycles. The van der Waals surface area contributed by atoms with Crippen LogP contribution in [0.3, 0.4) is 0 Å². The Hall–Kier alpha value is -2.44. The van der Waals surface area contributed by atoms with Crippen LogP contribution in [0.2, 0.25) is 0 Å². The third-order valence-electron chi connectivity index (χ3n) is 4.14. The van der Waals surface area contributed by atoms with Crippen LogP contribution in [-0.2, 0) is 4.79 Å². The van der Waals surface area contributed by atoms with Crippen LogP contribution in [0.4, 0.5) is 4.39 Å². The largest absolute Gasteiger partial charge is 0.356 e. The molecule has 1 atom stereocenters. The summed E-state index contributed by atoms with van der Waals surface area (Å²) < 4.78 is 18.2. The molecule has 0 spiro atoms. The maximum absolute atomic E-state index is 13.0. The number of hydrogen-bond donors (Lipinski definition) is 1. The number of allylic oxidation sites excluding steroid dienone is 4. The Bertz CT molecular complexity index is 676. The molecule has 1 unspecified atom stereocenters. The number of likely N-dealkylation sites (tertiary alicyclic amines) is 1. The van der Waals surface area contributed by atoms with Crippen molar-refractivity contribution in [3.63, 3.8) is 0 Å². The van der Waals surface area contributed by atoms with Crippen LogP contribution < -0.4 is 5.32 Å². The van der Waals surface area contributed by atoms with Gasteiger partial charge in [0.2, 0.25) is 5.91 Å². The Morgan fingerprint density at radius 2 is 2.25 bits per heavy atom. The third-order valence-corrected chi connectivity index (χ3v) is 4.14. The number of amides is 2. The van der Waals surface area contributed by atoms with E-state index in [-0.39, 0.29) is 17.5 Å². The van der Waals surface area contributed by atoms with E-state index >= 15 is 0 Å². The number of nitrogens with zero attached hydrogens (tertiary/aromatic N) is 2. The number of aromatic nitrogens is 1. The van der Waals surface area contributed by atoms with Crippen LogP contribution in [0.15, 0.2) is 28.8 Å². The van der Waals surface area contributed by atoms with Gasteiger partial charge in [-0.3, -0.25) is 9.59 Å². The molecular weight excluding hydrogens is 313 g/mol. The van der Waals surface area contributed by atoms with E-state index in [1.807, 2.05) is 4.90 Å². The molecule has 1 aromatic heterocycles. The van der Waals surface area contributed by atoms with Gasteiger partial charge in [0.15, 0.2) is 11.5 Å². The molecule has 1 aromatic rings. The minimum absolute atomic E-state index is 0.140. The highest BCUT2D eigenvalue weighted by atomic mass is 19.1. The fourth-order valence-electron chi connectivity index (χ4n) is 2.55. The maximum atomic E-state index is 13.0. The van der Waals surface area contributed by atoms with Crippen LogP contribution in [0.1, 0.15) is 41.9 Å². The molecule has 7 heteroatoms. The standard InChI is InChI=1S/C17H20FN3O3/c18-13-6-4-12(5-7-13)15-11-14(20-24-15)17(23)19-8-1-3-16(22)21-9-2-10-21/h4-6,11,13H,1-3,7-10H2,(H,19,23). The molecule has 1 aliphatic carbocycles. The first-order chi connectivity index (χ1) is 11.6. The number of carbonyl (C=O) groups excluding carboxylic acids is 2. The SMILES string of the molecule is O=C(NCCCC(=O)N1CCC1)c1cc(C2=CCC(F)C=C2)on1. The summed E-state index contributed by atoms with van der Waals surface area (Å²) in [5, 5.41) is 6.47. The smallest absolute Gasteiger partial charge is 0.273 e. The molecule has 1 N–H and O–H groups in total. The lowest BCUT2D eigenvalue weighted by Gasteiger charge is -2.30. The summed E-state index contributed by atoms with van der Waals surface area (Å²) in [5.41, 5.74) is 0.895. The second-order valence-electron chi connectivity index (χ2n) is 5.94. The van der Waals surface area contributed by atoms with Crippen LogP contribution in [0.25, 0.3) is 5.57 Å². The second-order valence-corrected chi connectivity index (χ2v) is 5.94. The van der Waals surface area contributed by atoms with E-state index < -0.39 is 6.17 Å². The molecule has 1 saturated heterocycles. The van der Waals surface area contributed by atoms with E-state index in [1.54, 1.807) is 12.2 Å². The van der Waals surface area contributed by atoms with Gasteiger partial charge in [0.25, 0.3) is 5.91 Å². The van der Waals surface area contributed by atoms with E-state index in [4.69, 9.17) is 4.52 Å². The number of carbonyl (C=O) groups is 2. The molecule has 3 rings (SSSR count). The predicted molar refractivity (Wildman–Crippen MR) is 85.9 cm³/mol. The zero-order chi connectivity index (χ0) is 16.9. The molecule has 2 aliphatic rings. The lowest BCUT2D eigenvalue weighted by Crippen LogP contribution is -2.42. The lowest BCUT2D eigenvalue weighted by molar-refractivity contribution is -0.134. The van der Waals surface area contributed by atoms with Crippen molar-refractivity contribution in [3.8, 4) is 0 Å². The first-order valence-corrected chi connectivity index (χ1v) is 8.19. The van der Waals surface area contributed by atoms with Crippen LogP contribution >= 0.6 is 0 Å². The topological polar surface area (TPSA) is 75.4 Å². The number of rotatable bonds is 6. The first kappa shape index (κ1) is 16.4. The van der Waals surface area contributed by atoms with Gasteiger partial charge in [0, 0.05) is 44.1 Å². The average Bonchev–Trinajstić information content (AvgIpc) is 3.00. The number of nitrogens with one attached hydrogen (secondary N) is 1. The van der Waals surface area contributed by atoms with E-state index in [1.165, 1.54) is 12.1 Å². The molecule has 24 heavy (non-hydrogen) atoms. The summed E-state index contributed by atoms with van der Waals surface area (Å²) in [4.78, 5) is 25.5. The Morgan fingerprint density at radius 3 is 2.92 bits per heavy atom. The normalized spacial score (nSPS) is 19.6. The van der Waals surface area contributed by atoms with E-state index in [0.29, 0.717) is 31.6 Å². The van der Waals surface area contributed by atoms with Crippen molar-refractivity contribution in [2.75, 3.05) is 19.6 Å². The summed E-state index contributed by atoms with van der Waals surface area (Å²) in [5.74, 6) is 0.239. The highest BCUT2D eigenvalue weighted by Crippen LogP contribution is 2.23. The molecule has 1 fully saturated rings. The van der Waals surface area contributed by atoms with Crippen molar-refractivity contribution in [1.29, 1.82) is 0 Å². The van der Waals surface area contributed by atoms with Gasteiger partial charge in [-0.1, -0.05) is 17.3 Å². The van der Waals surface area contributed by atoms with Crippen molar-refractivity contribution < 1.29 is 18.5 Å². The molecule has 2 amide bonds. The molecule has 6 nitrogen and oxygen atoms in total. The molecule has 0 aromatic carbocycles. The Morgan fingerprint density at radius 1 is 1.42 bits per heavy atom. The third kappa shape index (κ3) is 3.90. The van der Waals surface area contributed by atoms with E-state index in [0.717, 1.165) is 25.1 Å². The highest BCUT2D eigenvalue weighted by molar-refractivity contribution is 5.93. The molecule has 1 aliphatic heterocycles. The van der Waals surface area contributed by atoms with Gasteiger partial charge in [0.1, 0.15) is 6.17 Å². The lowest BCUT2D eigenvalue weighted by atomic mass is 10.0. The Kier molecular flexibility index (Phi) is 5.08. The van der Waals surface area contributed by atoms with Crippen LogP contribution in [0.5, 0.6) is 0 Å². The average molecular weight is 333 g/mol.